The molecule has 0 spiro atoms. The number of halogens is 1. The fourth-order valence-corrected chi connectivity index (χ4v) is 4.81. The smallest absolute Gasteiger partial charge is 0.346 e. The van der Waals surface area contributed by atoms with Crippen LogP contribution >= 0.6 is 22.9 Å². The summed E-state index contributed by atoms with van der Waals surface area (Å²) in [6.07, 6.45) is 0.260. The molecule has 0 saturated carbocycles. The molecule has 2 aromatic carbocycles. The molecule has 4 rings (SSSR count). The number of rotatable bonds is 4. The van der Waals surface area contributed by atoms with Gasteiger partial charge in [-0.05, 0) is 35.4 Å². The number of carbonyl (C=O) groups excluding carboxylic acids is 1. The van der Waals surface area contributed by atoms with Crippen LogP contribution < -0.4 is 10.1 Å². The van der Waals surface area contributed by atoms with E-state index in [9.17, 15) is 14.7 Å². The minimum Gasteiger partial charge on any atom is -0.497 e. The number of carbonyl (C=O) groups is 2. The monoisotopic (exact) mass is 413 g/mol. The van der Waals surface area contributed by atoms with Gasteiger partial charge in [-0.15, -0.1) is 11.3 Å². The van der Waals surface area contributed by atoms with Crippen molar-refractivity contribution in [2.24, 2.45) is 0 Å². The summed E-state index contributed by atoms with van der Waals surface area (Å²) in [5.41, 5.74) is 2.75. The van der Waals surface area contributed by atoms with Crippen LogP contribution in [0.25, 0.3) is 11.1 Å². The molecule has 1 aromatic heterocycles. The number of ether oxygens (including phenoxy) is 1. The van der Waals surface area contributed by atoms with Crippen molar-refractivity contribution < 1.29 is 19.4 Å². The highest BCUT2D eigenvalue weighted by Gasteiger charge is 2.34. The Morgan fingerprint density at radius 2 is 1.86 bits per heavy atom. The molecule has 3 aromatic rings. The molecule has 0 fully saturated rings. The van der Waals surface area contributed by atoms with Gasteiger partial charge in [0.25, 0.3) is 0 Å². The third kappa shape index (κ3) is 3.25. The first-order valence-electron chi connectivity index (χ1n) is 8.57. The fraction of sp³-hybridized carbons (Fsp3) is 0.143. The molecule has 0 saturated heterocycles. The Bertz CT molecular complexity index is 1060. The van der Waals surface area contributed by atoms with E-state index in [0.717, 1.165) is 10.4 Å². The number of methoxy groups -OCH3 is 1. The van der Waals surface area contributed by atoms with Crippen molar-refractivity contribution in [1.29, 1.82) is 0 Å². The number of hydrogen-bond acceptors (Lipinski definition) is 4. The molecule has 28 heavy (non-hydrogen) atoms. The van der Waals surface area contributed by atoms with Crippen molar-refractivity contribution in [3.05, 3.63) is 68.9 Å². The van der Waals surface area contributed by atoms with Crippen molar-refractivity contribution in [1.82, 2.24) is 0 Å². The SMILES string of the molecule is COc1ccc(-c2c(C(=O)O)sc3c2NC(=O)CC3c2ccc(Cl)cc2)cc1. The zero-order chi connectivity index (χ0) is 19.8. The Balaban J connectivity index is 1.89. The quantitative estimate of drug-likeness (QED) is 0.612. The third-order valence-electron chi connectivity index (χ3n) is 4.75. The van der Waals surface area contributed by atoms with Gasteiger partial charge in [-0.1, -0.05) is 35.9 Å². The van der Waals surface area contributed by atoms with Crippen LogP contribution in [0.15, 0.2) is 48.5 Å². The Morgan fingerprint density at radius 3 is 2.46 bits per heavy atom. The molecule has 1 aliphatic rings. The first-order valence-corrected chi connectivity index (χ1v) is 9.77. The molecule has 2 N–H and O–H groups in total. The lowest BCUT2D eigenvalue weighted by molar-refractivity contribution is -0.116. The summed E-state index contributed by atoms with van der Waals surface area (Å²) in [5.74, 6) is -0.699. The van der Waals surface area contributed by atoms with Crippen LogP contribution in [-0.2, 0) is 4.79 Å². The van der Waals surface area contributed by atoms with Gasteiger partial charge < -0.3 is 15.2 Å². The van der Waals surface area contributed by atoms with Crippen LogP contribution in [-0.4, -0.2) is 24.1 Å². The lowest BCUT2D eigenvalue weighted by Crippen LogP contribution is -2.22. The van der Waals surface area contributed by atoms with E-state index in [2.05, 4.69) is 5.32 Å². The highest BCUT2D eigenvalue weighted by Crippen LogP contribution is 2.49. The number of anilines is 1. The maximum Gasteiger partial charge on any atom is 0.346 e. The predicted molar refractivity (Wildman–Crippen MR) is 110 cm³/mol. The molecule has 1 atom stereocenters. The van der Waals surface area contributed by atoms with Crippen LogP contribution in [0, 0.1) is 0 Å². The maximum absolute atomic E-state index is 12.4. The third-order valence-corrected chi connectivity index (χ3v) is 6.29. The largest absolute Gasteiger partial charge is 0.497 e. The van der Waals surface area contributed by atoms with E-state index in [1.165, 1.54) is 11.3 Å². The van der Waals surface area contributed by atoms with E-state index in [4.69, 9.17) is 16.3 Å². The molecule has 0 radical (unpaired) electrons. The molecular formula is C21H16ClNO4S. The Hall–Kier alpha value is -2.83. The standard InChI is InChI=1S/C21H16ClNO4S/c1-27-14-8-4-12(5-9-14)17-18-19(28-20(17)21(25)26)15(10-16(24)23-18)11-2-6-13(22)7-3-11/h2-9,15H,10H2,1H3,(H,23,24)(H,25,26). The van der Waals surface area contributed by atoms with Crippen LogP contribution in [0.1, 0.15) is 32.5 Å². The van der Waals surface area contributed by atoms with Crippen molar-refractivity contribution in [3.8, 4) is 16.9 Å². The van der Waals surface area contributed by atoms with Crippen LogP contribution in [0.2, 0.25) is 5.02 Å². The lowest BCUT2D eigenvalue weighted by atomic mass is 9.88. The molecule has 1 amide bonds. The summed E-state index contributed by atoms with van der Waals surface area (Å²) in [6, 6.07) is 14.4. The number of fused-ring (bicyclic) bond motifs is 1. The molecule has 1 unspecified atom stereocenters. The molecule has 1 aliphatic heterocycles. The Labute approximate surface area is 170 Å². The molecule has 5 nitrogen and oxygen atoms in total. The molecule has 0 bridgehead atoms. The predicted octanol–water partition coefficient (Wildman–Crippen LogP) is 5.25. The summed E-state index contributed by atoms with van der Waals surface area (Å²) in [6.45, 7) is 0. The zero-order valence-corrected chi connectivity index (χ0v) is 16.4. The first-order chi connectivity index (χ1) is 13.5. The van der Waals surface area contributed by atoms with Crippen LogP contribution in [0.3, 0.4) is 0 Å². The van der Waals surface area contributed by atoms with Gasteiger partial charge in [0.2, 0.25) is 5.91 Å². The van der Waals surface area contributed by atoms with E-state index in [1.54, 1.807) is 43.5 Å². The minimum atomic E-state index is -1.02. The van der Waals surface area contributed by atoms with Gasteiger partial charge in [-0.3, -0.25) is 4.79 Å². The first kappa shape index (κ1) is 18.5. The molecule has 0 aliphatic carbocycles. The highest BCUT2D eigenvalue weighted by atomic mass is 35.5. The summed E-state index contributed by atoms with van der Waals surface area (Å²) in [5, 5.41) is 13.3. The Kier molecular flexibility index (Phi) is 4.83. The molecular weight excluding hydrogens is 398 g/mol. The van der Waals surface area contributed by atoms with Gasteiger partial charge in [0.05, 0.1) is 12.8 Å². The van der Waals surface area contributed by atoms with Crippen LogP contribution in [0.4, 0.5) is 5.69 Å². The second-order valence-corrected chi connectivity index (χ2v) is 7.92. The van der Waals surface area contributed by atoms with Crippen molar-refractivity contribution in [2.45, 2.75) is 12.3 Å². The van der Waals surface area contributed by atoms with Gasteiger partial charge in [0.15, 0.2) is 0 Å². The van der Waals surface area contributed by atoms with Gasteiger partial charge in [-0.2, -0.15) is 0 Å². The molecule has 142 valence electrons. The highest BCUT2D eigenvalue weighted by molar-refractivity contribution is 7.15. The number of thiophene rings is 1. The summed E-state index contributed by atoms with van der Waals surface area (Å²) in [4.78, 5) is 25.4. The topological polar surface area (TPSA) is 75.6 Å². The number of nitrogens with one attached hydrogen (secondary N) is 1. The number of carboxylic acids is 1. The number of aromatic carboxylic acids is 1. The second-order valence-electron chi connectivity index (χ2n) is 6.44. The number of carboxylic acid groups (broad SMARTS) is 1. The number of benzene rings is 2. The van der Waals surface area contributed by atoms with E-state index in [-0.39, 0.29) is 23.1 Å². The minimum absolute atomic E-state index is 0.142. The summed E-state index contributed by atoms with van der Waals surface area (Å²) < 4.78 is 5.18. The molecule has 2 heterocycles. The maximum atomic E-state index is 12.4. The summed E-state index contributed by atoms with van der Waals surface area (Å²) >= 11 is 7.20. The van der Waals surface area contributed by atoms with E-state index in [1.807, 2.05) is 12.1 Å². The number of hydrogen-bond donors (Lipinski definition) is 2. The van der Waals surface area contributed by atoms with E-state index in [0.29, 0.717) is 27.6 Å². The van der Waals surface area contributed by atoms with Crippen molar-refractivity contribution in [3.63, 3.8) is 0 Å². The summed E-state index contributed by atoms with van der Waals surface area (Å²) in [7, 11) is 1.57. The van der Waals surface area contributed by atoms with E-state index >= 15 is 0 Å². The van der Waals surface area contributed by atoms with Crippen LogP contribution in [0.5, 0.6) is 5.75 Å². The van der Waals surface area contributed by atoms with Gasteiger partial charge >= 0.3 is 5.97 Å². The Morgan fingerprint density at radius 1 is 1.18 bits per heavy atom. The van der Waals surface area contributed by atoms with Gasteiger partial charge in [-0.25, -0.2) is 4.79 Å². The molecule has 7 heteroatoms. The second kappa shape index (κ2) is 7.30. The number of amides is 1. The zero-order valence-electron chi connectivity index (χ0n) is 14.9. The van der Waals surface area contributed by atoms with Crippen molar-refractivity contribution in [2.75, 3.05) is 12.4 Å². The van der Waals surface area contributed by atoms with Gasteiger partial charge in [0, 0.05) is 27.8 Å². The fourth-order valence-electron chi connectivity index (χ4n) is 3.43. The normalized spacial score (nSPS) is 15.6. The van der Waals surface area contributed by atoms with E-state index < -0.39 is 5.97 Å². The van der Waals surface area contributed by atoms with Gasteiger partial charge in [0.1, 0.15) is 10.6 Å². The average Bonchev–Trinajstić information content (AvgIpc) is 3.07. The lowest BCUT2D eigenvalue weighted by Gasteiger charge is -2.24. The average molecular weight is 414 g/mol. The van der Waals surface area contributed by atoms with Crippen molar-refractivity contribution >= 4 is 40.5 Å².